The summed E-state index contributed by atoms with van der Waals surface area (Å²) in [7, 11) is 0. The molecule has 2 rings (SSSR count). The number of rotatable bonds is 5. The van der Waals surface area contributed by atoms with Crippen molar-refractivity contribution >= 4 is 0 Å². The largest absolute Gasteiger partial charge is 0.310 e. The highest BCUT2D eigenvalue weighted by Gasteiger charge is 2.30. The van der Waals surface area contributed by atoms with Crippen LogP contribution in [0.2, 0.25) is 0 Å². The molecule has 0 aromatic carbocycles. The molecule has 0 saturated carbocycles. The van der Waals surface area contributed by atoms with Gasteiger partial charge in [0.25, 0.3) is 0 Å². The molecule has 1 N–H and O–H groups in total. The van der Waals surface area contributed by atoms with E-state index in [0.717, 1.165) is 26.2 Å². The maximum absolute atomic E-state index is 4.37. The fraction of sp³-hybridized carbons (Fsp3) is 0.800. The second-order valence-electron chi connectivity index (χ2n) is 5.68. The van der Waals surface area contributed by atoms with E-state index in [2.05, 4.69) is 42.3 Å². The maximum Gasteiger partial charge on any atom is 0.0534 e. The number of nitrogens with one attached hydrogen (secondary N) is 1. The molecule has 1 aliphatic heterocycles. The Bertz CT molecular complexity index is 381. The zero-order valence-electron chi connectivity index (χ0n) is 12.7. The van der Waals surface area contributed by atoms with Crippen molar-refractivity contribution < 1.29 is 0 Å². The van der Waals surface area contributed by atoms with Gasteiger partial charge in [0.05, 0.1) is 6.20 Å². The summed E-state index contributed by atoms with van der Waals surface area (Å²) in [5.74, 6) is 0. The molecule has 4 nitrogen and oxygen atoms in total. The monoisotopic (exact) mass is 264 g/mol. The Morgan fingerprint density at radius 1 is 1.32 bits per heavy atom. The Morgan fingerprint density at radius 3 is 2.74 bits per heavy atom. The van der Waals surface area contributed by atoms with Gasteiger partial charge in [0, 0.05) is 36.9 Å². The van der Waals surface area contributed by atoms with Gasteiger partial charge in [0.2, 0.25) is 0 Å². The van der Waals surface area contributed by atoms with Gasteiger partial charge in [-0.05, 0) is 39.3 Å². The van der Waals surface area contributed by atoms with Crippen molar-refractivity contribution in [3.63, 3.8) is 0 Å². The summed E-state index contributed by atoms with van der Waals surface area (Å²) in [6, 6.07) is 0. The van der Waals surface area contributed by atoms with E-state index in [4.69, 9.17) is 0 Å². The van der Waals surface area contributed by atoms with E-state index in [9.17, 15) is 0 Å². The Morgan fingerprint density at radius 2 is 2.11 bits per heavy atom. The van der Waals surface area contributed by atoms with Gasteiger partial charge in [-0.2, -0.15) is 5.10 Å². The van der Waals surface area contributed by atoms with E-state index < -0.39 is 0 Å². The Labute approximate surface area is 117 Å². The van der Waals surface area contributed by atoms with Crippen molar-refractivity contribution in [1.29, 1.82) is 0 Å². The lowest BCUT2D eigenvalue weighted by Gasteiger charge is -2.35. The molecule has 0 atom stereocenters. The molecular formula is C15H28N4. The molecule has 1 aromatic rings. The van der Waals surface area contributed by atoms with Crippen LogP contribution in [0, 0.1) is 0 Å². The molecule has 0 amide bonds. The van der Waals surface area contributed by atoms with Gasteiger partial charge in [-0.15, -0.1) is 0 Å². The highest BCUT2D eigenvalue weighted by Crippen LogP contribution is 2.21. The van der Waals surface area contributed by atoms with Gasteiger partial charge in [-0.1, -0.05) is 13.8 Å². The van der Waals surface area contributed by atoms with Crippen molar-refractivity contribution in [1.82, 2.24) is 20.0 Å². The molecule has 108 valence electrons. The Kier molecular flexibility index (Phi) is 4.99. The van der Waals surface area contributed by atoms with Crippen molar-refractivity contribution in [3.05, 3.63) is 18.0 Å². The third-order valence-electron chi connectivity index (χ3n) is 4.45. The number of hydrogen-bond acceptors (Lipinski definition) is 3. The maximum atomic E-state index is 4.37. The summed E-state index contributed by atoms with van der Waals surface area (Å²) in [4.78, 5) is 2.59. The fourth-order valence-electron chi connectivity index (χ4n) is 3.00. The minimum absolute atomic E-state index is 0.303. The van der Waals surface area contributed by atoms with Crippen molar-refractivity contribution in [3.8, 4) is 0 Å². The van der Waals surface area contributed by atoms with Gasteiger partial charge in [0.15, 0.2) is 0 Å². The van der Waals surface area contributed by atoms with Crippen LogP contribution in [-0.4, -0.2) is 39.9 Å². The van der Waals surface area contributed by atoms with Crippen LogP contribution in [0.3, 0.4) is 0 Å². The first kappa shape index (κ1) is 14.5. The summed E-state index contributed by atoms with van der Waals surface area (Å²) in [5.41, 5.74) is 1.64. The predicted octanol–water partition coefficient (Wildman–Crippen LogP) is 2.26. The number of aromatic nitrogens is 2. The first-order chi connectivity index (χ1) is 9.21. The van der Waals surface area contributed by atoms with Gasteiger partial charge >= 0.3 is 0 Å². The first-order valence-electron chi connectivity index (χ1n) is 7.70. The van der Waals surface area contributed by atoms with Gasteiger partial charge in [0.1, 0.15) is 0 Å². The molecule has 0 unspecified atom stereocenters. The van der Waals surface area contributed by atoms with Crippen molar-refractivity contribution in [2.45, 2.75) is 58.7 Å². The number of nitrogens with zero attached hydrogens (tertiary/aromatic N) is 3. The molecule has 0 bridgehead atoms. The zero-order chi connectivity index (χ0) is 13.7. The molecule has 1 aromatic heterocycles. The van der Waals surface area contributed by atoms with Gasteiger partial charge in [-0.3, -0.25) is 9.58 Å². The van der Waals surface area contributed by atoms with Gasteiger partial charge < -0.3 is 5.32 Å². The summed E-state index contributed by atoms with van der Waals surface area (Å²) >= 11 is 0. The SMILES string of the molecule is CCn1cc(CN2CCCNC(CC)(CC)C2)cn1. The second kappa shape index (κ2) is 6.53. The normalized spacial score (nSPS) is 20.4. The Balaban J connectivity index is 2.02. The van der Waals surface area contributed by atoms with Crippen LogP contribution in [0.5, 0.6) is 0 Å². The molecule has 0 spiro atoms. The zero-order valence-corrected chi connectivity index (χ0v) is 12.7. The van der Waals surface area contributed by atoms with E-state index in [0.29, 0.717) is 5.54 Å². The van der Waals surface area contributed by atoms with E-state index in [1.165, 1.54) is 31.4 Å². The van der Waals surface area contributed by atoms with Crippen LogP contribution in [0.15, 0.2) is 12.4 Å². The highest BCUT2D eigenvalue weighted by molar-refractivity contribution is 5.04. The molecule has 4 heteroatoms. The molecule has 1 fully saturated rings. The third-order valence-corrected chi connectivity index (χ3v) is 4.45. The van der Waals surface area contributed by atoms with E-state index in [1.807, 2.05) is 10.9 Å². The van der Waals surface area contributed by atoms with Crippen LogP contribution in [0.1, 0.15) is 45.6 Å². The molecular weight excluding hydrogens is 236 g/mol. The summed E-state index contributed by atoms with van der Waals surface area (Å²) in [6.45, 7) is 12.2. The van der Waals surface area contributed by atoms with E-state index >= 15 is 0 Å². The average molecular weight is 264 g/mol. The number of hydrogen-bond donors (Lipinski definition) is 1. The van der Waals surface area contributed by atoms with E-state index in [-0.39, 0.29) is 0 Å². The van der Waals surface area contributed by atoms with Crippen LogP contribution in [0.4, 0.5) is 0 Å². The van der Waals surface area contributed by atoms with Crippen LogP contribution >= 0.6 is 0 Å². The lowest BCUT2D eigenvalue weighted by molar-refractivity contribution is 0.191. The number of aryl methyl sites for hydroxylation is 1. The Hall–Kier alpha value is -0.870. The van der Waals surface area contributed by atoms with Gasteiger partial charge in [-0.25, -0.2) is 0 Å². The molecule has 0 radical (unpaired) electrons. The molecule has 1 saturated heterocycles. The predicted molar refractivity (Wildman–Crippen MR) is 79.1 cm³/mol. The highest BCUT2D eigenvalue weighted by atomic mass is 15.3. The summed E-state index contributed by atoms with van der Waals surface area (Å²) in [6.07, 6.45) is 7.84. The van der Waals surface area contributed by atoms with Crippen LogP contribution < -0.4 is 5.32 Å². The molecule has 0 aliphatic carbocycles. The lowest BCUT2D eigenvalue weighted by atomic mass is 9.92. The smallest absolute Gasteiger partial charge is 0.0534 e. The van der Waals surface area contributed by atoms with Crippen molar-refractivity contribution in [2.24, 2.45) is 0 Å². The third kappa shape index (κ3) is 3.57. The standard InChI is InChI=1S/C15H28N4/c1-4-15(5-2)13-18(9-7-8-16-15)11-14-10-17-19(6-3)12-14/h10,12,16H,4-9,11,13H2,1-3H3. The van der Waals surface area contributed by atoms with Crippen molar-refractivity contribution in [2.75, 3.05) is 19.6 Å². The molecule has 2 heterocycles. The molecule has 1 aliphatic rings. The van der Waals surface area contributed by atoms with Crippen LogP contribution in [-0.2, 0) is 13.1 Å². The molecule has 19 heavy (non-hydrogen) atoms. The summed E-state index contributed by atoms with van der Waals surface area (Å²) in [5, 5.41) is 8.14. The second-order valence-corrected chi connectivity index (χ2v) is 5.68. The topological polar surface area (TPSA) is 33.1 Å². The minimum atomic E-state index is 0.303. The van der Waals surface area contributed by atoms with E-state index in [1.54, 1.807) is 0 Å². The van der Waals surface area contributed by atoms with Crippen LogP contribution in [0.25, 0.3) is 0 Å². The first-order valence-corrected chi connectivity index (χ1v) is 7.70. The quantitative estimate of drug-likeness (QED) is 0.885. The lowest BCUT2D eigenvalue weighted by Crippen LogP contribution is -2.50. The minimum Gasteiger partial charge on any atom is -0.310 e. The fourth-order valence-corrected chi connectivity index (χ4v) is 3.00. The summed E-state index contributed by atoms with van der Waals surface area (Å²) < 4.78 is 2.01. The average Bonchev–Trinajstić information content (AvgIpc) is 2.79.